The van der Waals surface area contributed by atoms with Gasteiger partial charge in [0.25, 0.3) is 0 Å². The van der Waals surface area contributed by atoms with Gasteiger partial charge in [-0.05, 0) is 20.8 Å². The molecule has 0 aliphatic rings. The third kappa shape index (κ3) is 3.73. The Morgan fingerprint density at radius 2 is 1.73 bits per heavy atom. The van der Waals surface area contributed by atoms with Crippen molar-refractivity contribution in [1.82, 2.24) is 9.97 Å². The minimum atomic E-state index is -4.46. The topological polar surface area (TPSA) is 37.8 Å². The molecule has 0 aromatic carbocycles. The third-order valence-electron chi connectivity index (χ3n) is 1.43. The summed E-state index contributed by atoms with van der Waals surface area (Å²) in [6.07, 6.45) is -2.49. The van der Waals surface area contributed by atoms with Crippen molar-refractivity contribution in [3.8, 4) is 0 Å². The molecule has 0 unspecified atom stereocenters. The molecule has 1 aromatic heterocycles. The second kappa shape index (κ2) is 3.67. The Morgan fingerprint density at radius 3 is 2.20 bits per heavy atom. The van der Waals surface area contributed by atoms with E-state index in [1.54, 1.807) is 0 Å². The number of anilines is 1. The van der Waals surface area contributed by atoms with E-state index in [9.17, 15) is 13.2 Å². The lowest BCUT2D eigenvalue weighted by molar-refractivity contribution is -0.141. The molecular formula is C9H12F3N3. The van der Waals surface area contributed by atoms with Gasteiger partial charge in [0.15, 0.2) is 5.69 Å². The maximum absolute atomic E-state index is 12.3. The van der Waals surface area contributed by atoms with E-state index in [0.717, 1.165) is 0 Å². The summed E-state index contributed by atoms with van der Waals surface area (Å²) >= 11 is 0. The lowest BCUT2D eigenvalue weighted by Gasteiger charge is -2.21. The highest BCUT2D eigenvalue weighted by atomic mass is 19.4. The zero-order valence-corrected chi connectivity index (χ0v) is 8.68. The highest BCUT2D eigenvalue weighted by Gasteiger charge is 2.33. The number of hydrogen-bond acceptors (Lipinski definition) is 3. The Labute approximate surface area is 85.7 Å². The zero-order valence-electron chi connectivity index (χ0n) is 8.68. The van der Waals surface area contributed by atoms with Gasteiger partial charge in [-0.1, -0.05) is 0 Å². The van der Waals surface area contributed by atoms with E-state index in [1.165, 1.54) is 6.20 Å². The van der Waals surface area contributed by atoms with E-state index >= 15 is 0 Å². The molecule has 84 valence electrons. The van der Waals surface area contributed by atoms with Gasteiger partial charge in [-0.15, -0.1) is 0 Å². The maximum Gasteiger partial charge on any atom is 0.434 e. The van der Waals surface area contributed by atoms with E-state index in [0.29, 0.717) is 6.20 Å². The summed E-state index contributed by atoms with van der Waals surface area (Å²) in [5.41, 5.74) is -1.34. The highest BCUT2D eigenvalue weighted by Crippen LogP contribution is 2.27. The van der Waals surface area contributed by atoms with Gasteiger partial charge in [0.1, 0.15) is 5.82 Å². The average Bonchev–Trinajstić information content (AvgIpc) is 1.99. The summed E-state index contributed by atoms with van der Waals surface area (Å²) < 4.78 is 36.8. The zero-order chi connectivity index (χ0) is 11.7. The first-order valence-corrected chi connectivity index (χ1v) is 4.36. The summed E-state index contributed by atoms with van der Waals surface area (Å²) in [5, 5.41) is 2.82. The van der Waals surface area contributed by atoms with Crippen molar-refractivity contribution in [2.45, 2.75) is 32.5 Å². The minimum Gasteiger partial charge on any atom is -0.364 e. The van der Waals surface area contributed by atoms with E-state index in [1.807, 2.05) is 20.8 Å². The van der Waals surface area contributed by atoms with Crippen LogP contribution in [0.25, 0.3) is 0 Å². The lowest BCUT2D eigenvalue weighted by atomic mass is 10.1. The second-order valence-corrected chi connectivity index (χ2v) is 4.16. The Bertz CT molecular complexity index is 341. The lowest BCUT2D eigenvalue weighted by Crippen LogP contribution is -2.27. The fourth-order valence-electron chi connectivity index (χ4n) is 0.947. The van der Waals surface area contributed by atoms with E-state index < -0.39 is 11.9 Å². The summed E-state index contributed by atoms with van der Waals surface area (Å²) in [6, 6.07) is 0. The molecule has 0 radical (unpaired) electrons. The van der Waals surface area contributed by atoms with Gasteiger partial charge in [-0.2, -0.15) is 13.2 Å². The smallest absolute Gasteiger partial charge is 0.364 e. The van der Waals surface area contributed by atoms with Crippen LogP contribution in [0.3, 0.4) is 0 Å². The van der Waals surface area contributed by atoms with Gasteiger partial charge >= 0.3 is 6.18 Å². The average molecular weight is 219 g/mol. The predicted molar refractivity (Wildman–Crippen MR) is 50.4 cm³/mol. The molecule has 3 nitrogen and oxygen atoms in total. The number of halogens is 3. The summed E-state index contributed by atoms with van der Waals surface area (Å²) in [6.45, 7) is 5.48. The van der Waals surface area contributed by atoms with Crippen molar-refractivity contribution < 1.29 is 13.2 Å². The number of nitrogens with zero attached hydrogens (tertiary/aromatic N) is 2. The van der Waals surface area contributed by atoms with Crippen LogP contribution in [0.1, 0.15) is 26.5 Å². The quantitative estimate of drug-likeness (QED) is 0.789. The van der Waals surface area contributed by atoms with Crippen LogP contribution in [-0.2, 0) is 6.18 Å². The highest BCUT2D eigenvalue weighted by molar-refractivity contribution is 5.34. The Morgan fingerprint density at radius 1 is 1.13 bits per heavy atom. The number of hydrogen-bond donors (Lipinski definition) is 1. The van der Waals surface area contributed by atoms with Crippen LogP contribution in [0.15, 0.2) is 12.4 Å². The molecule has 0 saturated carbocycles. The number of rotatable bonds is 1. The molecule has 1 heterocycles. The molecule has 0 aliphatic heterocycles. The van der Waals surface area contributed by atoms with Crippen molar-refractivity contribution in [3.05, 3.63) is 18.1 Å². The molecule has 6 heteroatoms. The molecule has 1 rings (SSSR count). The third-order valence-corrected chi connectivity index (χ3v) is 1.43. The van der Waals surface area contributed by atoms with Gasteiger partial charge < -0.3 is 5.32 Å². The maximum atomic E-state index is 12.3. The fraction of sp³-hybridized carbons (Fsp3) is 0.556. The molecule has 0 bridgehead atoms. The summed E-state index contributed by atoms with van der Waals surface area (Å²) in [5.74, 6) is 0.123. The van der Waals surface area contributed by atoms with Crippen LogP contribution in [0.5, 0.6) is 0 Å². The molecule has 1 N–H and O–H groups in total. The van der Waals surface area contributed by atoms with Crippen LogP contribution in [-0.4, -0.2) is 15.5 Å². The number of nitrogens with one attached hydrogen (secondary N) is 1. The largest absolute Gasteiger partial charge is 0.434 e. The number of alkyl halides is 3. The van der Waals surface area contributed by atoms with Gasteiger partial charge in [0.2, 0.25) is 0 Å². The standard InChI is InChI=1S/C9H12F3N3/c1-8(2,3)15-7-5-13-4-6(14-7)9(10,11)12/h4-5H,1-3H3,(H,14,15). The van der Waals surface area contributed by atoms with Crippen LogP contribution >= 0.6 is 0 Å². The molecular weight excluding hydrogens is 207 g/mol. The fourth-order valence-corrected chi connectivity index (χ4v) is 0.947. The first-order chi connectivity index (χ1) is 6.68. The Balaban J connectivity index is 2.94. The van der Waals surface area contributed by atoms with Crippen LogP contribution in [0, 0.1) is 0 Å². The molecule has 0 aliphatic carbocycles. The summed E-state index contributed by atoms with van der Waals surface area (Å²) in [4.78, 5) is 6.92. The molecule has 0 saturated heterocycles. The molecule has 0 spiro atoms. The van der Waals surface area contributed by atoms with E-state index in [-0.39, 0.29) is 11.4 Å². The van der Waals surface area contributed by atoms with Crippen LogP contribution < -0.4 is 5.32 Å². The molecule has 0 amide bonds. The Kier molecular flexibility index (Phi) is 2.88. The SMILES string of the molecule is CC(C)(C)Nc1cncc(C(F)(F)F)n1. The van der Waals surface area contributed by atoms with Gasteiger partial charge in [0.05, 0.1) is 12.4 Å². The summed E-state index contributed by atoms with van der Waals surface area (Å²) in [7, 11) is 0. The van der Waals surface area contributed by atoms with Gasteiger partial charge in [-0.3, -0.25) is 4.98 Å². The minimum absolute atomic E-state index is 0.123. The normalized spacial score (nSPS) is 12.7. The molecule has 15 heavy (non-hydrogen) atoms. The van der Waals surface area contributed by atoms with E-state index in [4.69, 9.17) is 0 Å². The van der Waals surface area contributed by atoms with E-state index in [2.05, 4.69) is 15.3 Å². The van der Waals surface area contributed by atoms with Crippen molar-refractivity contribution in [1.29, 1.82) is 0 Å². The van der Waals surface area contributed by atoms with Gasteiger partial charge in [0, 0.05) is 5.54 Å². The van der Waals surface area contributed by atoms with Crippen LogP contribution in [0.4, 0.5) is 19.0 Å². The number of aromatic nitrogens is 2. The first-order valence-electron chi connectivity index (χ1n) is 4.36. The predicted octanol–water partition coefficient (Wildman–Crippen LogP) is 2.71. The first kappa shape index (κ1) is 11.7. The molecule has 0 fully saturated rings. The van der Waals surface area contributed by atoms with Crippen LogP contribution in [0.2, 0.25) is 0 Å². The monoisotopic (exact) mass is 219 g/mol. The Hall–Kier alpha value is -1.33. The molecule has 1 aromatic rings. The second-order valence-electron chi connectivity index (χ2n) is 4.16. The van der Waals surface area contributed by atoms with Crippen molar-refractivity contribution in [2.24, 2.45) is 0 Å². The van der Waals surface area contributed by atoms with Gasteiger partial charge in [-0.25, -0.2) is 4.98 Å². The van der Waals surface area contributed by atoms with Crippen molar-refractivity contribution in [2.75, 3.05) is 5.32 Å². The van der Waals surface area contributed by atoms with Crippen molar-refractivity contribution >= 4 is 5.82 Å². The molecule has 0 atom stereocenters. The van der Waals surface area contributed by atoms with Crippen molar-refractivity contribution in [3.63, 3.8) is 0 Å².